The number of ether oxygens (including phenoxy) is 3. The third-order valence-corrected chi connectivity index (χ3v) is 9.19. The third-order valence-electron chi connectivity index (χ3n) is 7.21. The zero-order valence-electron chi connectivity index (χ0n) is 24.4. The Bertz CT molecular complexity index is 1490. The smallest absolute Gasteiger partial charge is 0.412 e. The molecule has 0 radical (unpaired) electrons. The van der Waals surface area contributed by atoms with Crippen molar-refractivity contribution >= 4 is 21.0 Å². The Morgan fingerprint density at radius 1 is 0.891 bits per heavy atom. The van der Waals surface area contributed by atoms with Crippen LogP contribution in [0.2, 0.25) is 0 Å². The number of hydrogen-bond donors (Lipinski definition) is 0. The Morgan fingerprint density at radius 2 is 1.57 bits per heavy atom. The van der Waals surface area contributed by atoms with Crippen molar-refractivity contribution in [1.82, 2.24) is 0 Å². The van der Waals surface area contributed by atoms with Crippen molar-refractivity contribution in [3.63, 3.8) is 0 Å². The molecule has 4 atom stereocenters. The summed E-state index contributed by atoms with van der Waals surface area (Å²) in [5.41, 5.74) is -5.18. The van der Waals surface area contributed by atoms with Gasteiger partial charge in [-0.15, -0.1) is 0 Å². The van der Waals surface area contributed by atoms with E-state index in [0.717, 1.165) is 49.3 Å². The minimum Gasteiger partial charge on any atom is -0.462 e. The van der Waals surface area contributed by atoms with Crippen LogP contribution >= 0.6 is 21.0 Å². The first-order chi connectivity index (χ1) is 21.7. The van der Waals surface area contributed by atoms with Gasteiger partial charge in [-0.3, -0.25) is 0 Å². The Kier molecular flexibility index (Phi) is 12.0. The van der Waals surface area contributed by atoms with Crippen molar-refractivity contribution in [3.8, 4) is 22.6 Å². The largest absolute Gasteiger partial charge is 0.462 e. The van der Waals surface area contributed by atoms with E-state index in [2.05, 4.69) is 4.74 Å². The average molecular weight is 697 g/mol. The van der Waals surface area contributed by atoms with Crippen LogP contribution in [0.15, 0.2) is 54.8 Å². The second-order valence-corrected chi connectivity index (χ2v) is 12.6. The molecule has 1 saturated heterocycles. The fourth-order valence-corrected chi connectivity index (χ4v) is 6.94. The molecule has 0 N–H and O–H groups in total. The number of alkyl halides is 4. The molecule has 4 unspecified atom stereocenters. The van der Waals surface area contributed by atoms with Gasteiger partial charge in [-0.05, 0) is 88.9 Å². The average Bonchev–Trinajstić information content (AvgIpc) is 2.95. The minimum atomic E-state index is -4.70. The minimum absolute atomic E-state index is 0.196. The van der Waals surface area contributed by atoms with Crippen molar-refractivity contribution in [3.05, 3.63) is 95.0 Å². The van der Waals surface area contributed by atoms with Gasteiger partial charge < -0.3 is 14.2 Å². The van der Waals surface area contributed by atoms with Gasteiger partial charge in [0, 0.05) is 30.6 Å². The van der Waals surface area contributed by atoms with Crippen molar-refractivity contribution in [2.45, 2.75) is 49.6 Å². The molecule has 250 valence electrons. The molecule has 4 rings (SSSR count). The fourth-order valence-electron chi connectivity index (χ4n) is 5.06. The molecule has 3 aromatic rings. The SMILES string of the molecule is CCOCCCC1CCC(c2cc(F)c(C(F)(P)Oc3cc(F)c(-c4ccc(O/C=C\C(F)(F)F)c(F)c4)c(F)c3)c(F)c2)SC1. The second-order valence-electron chi connectivity index (χ2n) is 10.6. The highest BCUT2D eigenvalue weighted by Crippen LogP contribution is 2.45. The van der Waals surface area contributed by atoms with Crippen LogP contribution in [0.3, 0.4) is 0 Å². The Balaban J connectivity index is 1.46. The summed E-state index contributed by atoms with van der Waals surface area (Å²) in [5.74, 6) is -6.55. The van der Waals surface area contributed by atoms with Crippen LogP contribution in [0.25, 0.3) is 11.1 Å². The van der Waals surface area contributed by atoms with Gasteiger partial charge in [0.2, 0.25) is 0 Å². The maximum atomic E-state index is 15.6. The van der Waals surface area contributed by atoms with Crippen LogP contribution in [-0.4, -0.2) is 25.1 Å². The summed E-state index contributed by atoms with van der Waals surface area (Å²) in [7, 11) is 1.49. The van der Waals surface area contributed by atoms with Crippen LogP contribution in [0.4, 0.5) is 39.5 Å². The van der Waals surface area contributed by atoms with Gasteiger partial charge in [-0.1, -0.05) is 6.07 Å². The quantitative estimate of drug-likeness (QED) is 0.0816. The number of thioether (sulfide) groups is 1. The number of allylic oxidation sites excluding steroid dienone is 1. The van der Waals surface area contributed by atoms with Crippen LogP contribution in [0.5, 0.6) is 11.5 Å². The van der Waals surface area contributed by atoms with E-state index in [1.807, 2.05) is 6.92 Å². The highest BCUT2D eigenvalue weighted by molar-refractivity contribution is 7.99. The lowest BCUT2D eigenvalue weighted by atomic mass is 9.95. The molecule has 1 fully saturated rings. The standard InChI is InChI=1S/C32H30F9O3PS/c1-2-42-10-3-4-18-5-8-28(46-17-18)20-13-25(36)30(26(37)14-20)32(41,45)44-21-15-23(34)29(24(35)16-21)19-6-7-27(22(33)12-19)43-11-9-31(38,39)40/h6-7,9,11-16,18,28H,2-5,8,10,17,45H2,1H3/b11-9-. The van der Waals surface area contributed by atoms with Crippen LogP contribution in [0.1, 0.15) is 49.0 Å². The lowest BCUT2D eigenvalue weighted by Crippen LogP contribution is -2.24. The van der Waals surface area contributed by atoms with Gasteiger partial charge in [0.15, 0.2) is 11.6 Å². The summed E-state index contributed by atoms with van der Waals surface area (Å²) >= 11 is 1.57. The summed E-state index contributed by atoms with van der Waals surface area (Å²) < 4.78 is 142. The van der Waals surface area contributed by atoms with Crippen LogP contribution in [0, 0.1) is 35.0 Å². The maximum absolute atomic E-state index is 15.6. The molecule has 46 heavy (non-hydrogen) atoms. The molecule has 0 aromatic heterocycles. The predicted molar refractivity (Wildman–Crippen MR) is 161 cm³/mol. The predicted octanol–water partition coefficient (Wildman–Crippen LogP) is 10.5. The van der Waals surface area contributed by atoms with Crippen molar-refractivity contribution < 1.29 is 53.7 Å². The highest BCUT2D eigenvalue weighted by Gasteiger charge is 2.37. The normalized spacial score (nSPS) is 18.5. The lowest BCUT2D eigenvalue weighted by molar-refractivity contribution is -0.0809. The van der Waals surface area contributed by atoms with E-state index >= 15 is 13.2 Å². The van der Waals surface area contributed by atoms with Crippen LogP contribution < -0.4 is 9.47 Å². The Morgan fingerprint density at radius 3 is 2.13 bits per heavy atom. The molecule has 0 saturated carbocycles. The first kappa shape index (κ1) is 36.0. The number of hydrogen-bond acceptors (Lipinski definition) is 4. The van der Waals surface area contributed by atoms with Gasteiger partial charge >= 0.3 is 6.18 Å². The number of rotatable bonds is 12. The van der Waals surface area contributed by atoms with Gasteiger partial charge in [0.05, 0.1) is 17.9 Å². The lowest BCUT2D eigenvalue weighted by Gasteiger charge is -2.29. The van der Waals surface area contributed by atoms with Gasteiger partial charge in [-0.25, -0.2) is 22.0 Å². The molecule has 0 amide bonds. The van der Waals surface area contributed by atoms with E-state index in [1.54, 1.807) is 11.8 Å². The maximum Gasteiger partial charge on any atom is 0.412 e. The zero-order chi connectivity index (χ0) is 33.6. The summed E-state index contributed by atoms with van der Waals surface area (Å²) in [6.45, 7) is 3.27. The molecular weight excluding hydrogens is 666 g/mol. The molecule has 14 heteroatoms. The molecule has 1 aliphatic heterocycles. The van der Waals surface area contributed by atoms with E-state index in [1.165, 1.54) is 9.24 Å². The molecule has 0 aliphatic carbocycles. The van der Waals surface area contributed by atoms with Crippen LogP contribution in [-0.2, 0) is 10.3 Å². The highest BCUT2D eigenvalue weighted by atomic mass is 32.2. The van der Waals surface area contributed by atoms with E-state index < -0.39 is 63.5 Å². The topological polar surface area (TPSA) is 27.7 Å². The molecule has 3 aromatic carbocycles. The van der Waals surface area contributed by atoms with E-state index in [0.29, 0.717) is 49.3 Å². The van der Waals surface area contributed by atoms with Crippen molar-refractivity contribution in [2.75, 3.05) is 19.0 Å². The first-order valence-corrected chi connectivity index (χ1v) is 15.9. The van der Waals surface area contributed by atoms with Gasteiger partial charge in [0.25, 0.3) is 5.60 Å². The summed E-state index contributed by atoms with van der Waals surface area (Å²) in [4.78, 5) is 0. The van der Waals surface area contributed by atoms with E-state index in [4.69, 9.17) is 9.47 Å². The monoisotopic (exact) mass is 696 g/mol. The van der Waals surface area contributed by atoms with Crippen molar-refractivity contribution in [1.29, 1.82) is 0 Å². The molecule has 1 aliphatic rings. The molecule has 3 nitrogen and oxygen atoms in total. The van der Waals surface area contributed by atoms with Gasteiger partial charge in [0.1, 0.15) is 34.6 Å². The van der Waals surface area contributed by atoms with E-state index in [-0.39, 0.29) is 23.2 Å². The van der Waals surface area contributed by atoms with Gasteiger partial charge in [-0.2, -0.15) is 29.3 Å². The summed E-state index contributed by atoms with van der Waals surface area (Å²) in [6.07, 6.45) is -1.31. The molecular formula is C32H30F9O3PS. The Hall–Kier alpha value is -2.89. The zero-order valence-corrected chi connectivity index (χ0v) is 26.4. The first-order valence-electron chi connectivity index (χ1n) is 14.2. The third kappa shape index (κ3) is 9.35. The number of halogens is 9. The number of benzene rings is 3. The molecule has 0 bridgehead atoms. The van der Waals surface area contributed by atoms with E-state index in [9.17, 15) is 26.3 Å². The summed E-state index contributed by atoms with van der Waals surface area (Å²) in [5, 5.41) is -0.196. The van der Waals surface area contributed by atoms with Crippen molar-refractivity contribution in [2.24, 2.45) is 5.92 Å². The molecule has 1 heterocycles. The second kappa shape index (κ2) is 15.3. The fraction of sp³-hybridized carbons (Fsp3) is 0.375. The summed E-state index contributed by atoms with van der Waals surface area (Å²) in [6, 6.07) is 5.59. The molecule has 0 spiro atoms. The Labute approximate surface area is 266 Å².